The average Bonchev–Trinajstić information content (AvgIpc) is 3.21. The molecule has 0 saturated carbocycles. The summed E-state index contributed by atoms with van der Waals surface area (Å²) in [6, 6.07) is 54.3. The molecule has 0 radical (unpaired) electrons. The molecular formula is C46H31N5. The van der Waals surface area contributed by atoms with E-state index in [2.05, 4.69) is 128 Å². The first kappa shape index (κ1) is 30.2. The second-order valence-electron chi connectivity index (χ2n) is 12.7. The zero-order chi connectivity index (χ0) is 34.1. The second kappa shape index (κ2) is 12.9. The molecule has 51 heavy (non-hydrogen) atoms. The van der Waals surface area contributed by atoms with Crippen molar-refractivity contribution in [2.75, 3.05) is 0 Å². The summed E-state index contributed by atoms with van der Waals surface area (Å²) in [5, 5.41) is 4.51. The van der Waals surface area contributed by atoms with Crippen molar-refractivity contribution in [2.45, 2.75) is 6.92 Å². The predicted molar refractivity (Wildman–Crippen MR) is 208 cm³/mol. The summed E-state index contributed by atoms with van der Waals surface area (Å²) in [5.74, 6) is 1.79. The number of aryl methyl sites for hydroxylation is 1. The molecule has 3 aromatic heterocycles. The Kier molecular flexibility index (Phi) is 7.63. The first-order chi connectivity index (χ1) is 25.1. The maximum absolute atomic E-state index is 5.08. The van der Waals surface area contributed by atoms with Crippen molar-refractivity contribution in [3.8, 4) is 67.8 Å². The van der Waals surface area contributed by atoms with E-state index in [0.717, 1.165) is 66.3 Å². The van der Waals surface area contributed by atoms with E-state index >= 15 is 0 Å². The van der Waals surface area contributed by atoms with E-state index in [-0.39, 0.29) is 0 Å². The monoisotopic (exact) mass is 653 g/mol. The van der Waals surface area contributed by atoms with Crippen LogP contribution in [0.2, 0.25) is 0 Å². The Morgan fingerprint density at radius 2 is 0.706 bits per heavy atom. The molecule has 0 amide bonds. The number of aromatic nitrogens is 5. The molecule has 0 fully saturated rings. The molecule has 6 aromatic carbocycles. The van der Waals surface area contributed by atoms with Gasteiger partial charge in [0.05, 0.1) is 11.4 Å². The topological polar surface area (TPSA) is 64.5 Å². The first-order valence-corrected chi connectivity index (χ1v) is 17.0. The van der Waals surface area contributed by atoms with E-state index in [9.17, 15) is 0 Å². The Bertz CT molecular complexity index is 2560. The molecule has 0 atom stereocenters. The first-order valence-electron chi connectivity index (χ1n) is 17.0. The standard InChI is InChI=1S/C46H31N5/c1-30-16-18-31(19-17-30)32-20-22-33(23-21-32)44-49-45(38-14-6-12-36(24-38)42-26-34-8-2-4-10-40(34)28-47-42)51-46(50-44)39-15-7-13-37(25-39)43-27-35-9-3-5-11-41(35)29-48-43/h2-29H,1H3. The molecule has 3 heterocycles. The molecule has 0 saturated heterocycles. The fourth-order valence-corrected chi connectivity index (χ4v) is 6.44. The summed E-state index contributed by atoms with van der Waals surface area (Å²) in [6.45, 7) is 2.10. The minimum atomic E-state index is 0.592. The number of rotatable bonds is 6. The van der Waals surface area contributed by atoms with Gasteiger partial charge in [-0.25, -0.2) is 15.0 Å². The molecule has 5 nitrogen and oxygen atoms in total. The van der Waals surface area contributed by atoms with Crippen molar-refractivity contribution in [1.29, 1.82) is 0 Å². The van der Waals surface area contributed by atoms with Gasteiger partial charge in [0.15, 0.2) is 17.5 Å². The van der Waals surface area contributed by atoms with E-state index in [1.54, 1.807) is 0 Å². The zero-order valence-corrected chi connectivity index (χ0v) is 27.9. The molecule has 0 unspecified atom stereocenters. The predicted octanol–water partition coefficient (Wildman–Crippen LogP) is 11.3. The molecule has 0 aliphatic rings. The van der Waals surface area contributed by atoms with Gasteiger partial charge in [-0.15, -0.1) is 0 Å². The second-order valence-corrected chi connectivity index (χ2v) is 12.7. The number of fused-ring (bicyclic) bond motifs is 2. The molecule has 240 valence electrons. The van der Waals surface area contributed by atoms with Crippen molar-refractivity contribution < 1.29 is 0 Å². The van der Waals surface area contributed by atoms with Crippen molar-refractivity contribution in [3.63, 3.8) is 0 Å². The van der Waals surface area contributed by atoms with Crippen molar-refractivity contribution in [3.05, 3.63) is 176 Å². The van der Waals surface area contributed by atoms with Gasteiger partial charge in [0.25, 0.3) is 0 Å². The van der Waals surface area contributed by atoms with Crippen LogP contribution >= 0.6 is 0 Å². The Morgan fingerprint density at radius 1 is 0.314 bits per heavy atom. The van der Waals surface area contributed by atoms with E-state index in [4.69, 9.17) is 24.9 Å². The number of nitrogens with zero attached hydrogens (tertiary/aromatic N) is 5. The van der Waals surface area contributed by atoms with Gasteiger partial charge in [-0.3, -0.25) is 9.97 Å². The summed E-state index contributed by atoms with van der Waals surface area (Å²) in [6.07, 6.45) is 3.85. The lowest BCUT2D eigenvalue weighted by Gasteiger charge is -2.11. The number of hydrogen-bond donors (Lipinski definition) is 0. The SMILES string of the molecule is Cc1ccc(-c2ccc(-c3nc(-c4cccc(-c5cc6ccccc6cn5)c4)nc(-c4cccc(-c5cc6ccccc6cn5)c4)n3)cc2)cc1. The van der Waals surface area contributed by atoms with Crippen molar-refractivity contribution in [2.24, 2.45) is 0 Å². The average molecular weight is 654 g/mol. The fraction of sp³-hybridized carbons (Fsp3) is 0.0217. The Labute approximate surface area is 296 Å². The van der Waals surface area contributed by atoms with E-state index in [0.29, 0.717) is 17.5 Å². The number of pyridine rings is 2. The molecule has 0 bridgehead atoms. The van der Waals surface area contributed by atoms with Gasteiger partial charge >= 0.3 is 0 Å². The van der Waals surface area contributed by atoms with E-state index < -0.39 is 0 Å². The molecule has 5 heteroatoms. The highest BCUT2D eigenvalue weighted by molar-refractivity contribution is 5.87. The minimum Gasteiger partial charge on any atom is -0.256 e. The lowest BCUT2D eigenvalue weighted by Crippen LogP contribution is -2.00. The van der Waals surface area contributed by atoms with Gasteiger partial charge in [-0.05, 0) is 53.1 Å². The van der Waals surface area contributed by atoms with Crippen LogP contribution in [0, 0.1) is 6.92 Å². The summed E-state index contributed by atoms with van der Waals surface area (Å²) >= 11 is 0. The van der Waals surface area contributed by atoms with Crippen LogP contribution in [0.1, 0.15) is 5.56 Å². The third kappa shape index (κ3) is 6.13. The van der Waals surface area contributed by atoms with E-state index in [1.165, 1.54) is 11.1 Å². The van der Waals surface area contributed by atoms with Crippen LogP contribution in [0.3, 0.4) is 0 Å². The normalized spacial score (nSPS) is 11.2. The van der Waals surface area contributed by atoms with Gasteiger partial charge < -0.3 is 0 Å². The van der Waals surface area contributed by atoms with Gasteiger partial charge in [-0.2, -0.15) is 0 Å². The van der Waals surface area contributed by atoms with E-state index in [1.807, 2.05) is 48.8 Å². The van der Waals surface area contributed by atoms with Crippen LogP contribution in [0.25, 0.3) is 89.4 Å². The smallest absolute Gasteiger partial charge is 0.164 e. The largest absolute Gasteiger partial charge is 0.256 e. The van der Waals surface area contributed by atoms with Crippen molar-refractivity contribution in [1.82, 2.24) is 24.9 Å². The van der Waals surface area contributed by atoms with Gasteiger partial charge in [0.1, 0.15) is 0 Å². The van der Waals surface area contributed by atoms with Crippen molar-refractivity contribution >= 4 is 21.5 Å². The zero-order valence-electron chi connectivity index (χ0n) is 27.9. The van der Waals surface area contributed by atoms with Crippen LogP contribution in [0.4, 0.5) is 0 Å². The number of hydrogen-bond acceptors (Lipinski definition) is 5. The third-order valence-electron chi connectivity index (χ3n) is 9.26. The van der Waals surface area contributed by atoms with Gasteiger partial charge in [0, 0.05) is 51.0 Å². The fourth-order valence-electron chi connectivity index (χ4n) is 6.44. The highest BCUT2D eigenvalue weighted by Gasteiger charge is 2.15. The molecule has 9 aromatic rings. The molecular weight excluding hydrogens is 623 g/mol. The molecule has 0 aliphatic carbocycles. The van der Waals surface area contributed by atoms with Crippen LogP contribution in [-0.4, -0.2) is 24.9 Å². The Hall–Kier alpha value is -6.85. The summed E-state index contributed by atoms with van der Waals surface area (Å²) in [4.78, 5) is 24.8. The summed E-state index contributed by atoms with van der Waals surface area (Å²) in [5.41, 5.74) is 10.0. The molecule has 9 rings (SSSR count). The van der Waals surface area contributed by atoms with Crippen LogP contribution in [-0.2, 0) is 0 Å². The Balaban J connectivity index is 1.15. The third-order valence-corrected chi connectivity index (χ3v) is 9.26. The van der Waals surface area contributed by atoms with Crippen LogP contribution in [0.5, 0.6) is 0 Å². The molecule has 0 aliphatic heterocycles. The van der Waals surface area contributed by atoms with Crippen LogP contribution < -0.4 is 0 Å². The lowest BCUT2D eigenvalue weighted by molar-refractivity contribution is 1.07. The van der Waals surface area contributed by atoms with Gasteiger partial charge in [0.2, 0.25) is 0 Å². The highest BCUT2D eigenvalue weighted by Crippen LogP contribution is 2.31. The maximum Gasteiger partial charge on any atom is 0.164 e. The Morgan fingerprint density at radius 3 is 1.20 bits per heavy atom. The minimum absolute atomic E-state index is 0.592. The highest BCUT2D eigenvalue weighted by atomic mass is 15.0. The quantitative estimate of drug-likeness (QED) is 0.179. The number of benzene rings is 6. The summed E-state index contributed by atoms with van der Waals surface area (Å²) in [7, 11) is 0. The van der Waals surface area contributed by atoms with Crippen LogP contribution in [0.15, 0.2) is 170 Å². The molecule has 0 spiro atoms. The lowest BCUT2D eigenvalue weighted by atomic mass is 10.0. The maximum atomic E-state index is 5.08. The van der Waals surface area contributed by atoms with Gasteiger partial charge in [-0.1, -0.05) is 139 Å². The molecule has 0 N–H and O–H groups in total. The summed E-state index contributed by atoms with van der Waals surface area (Å²) < 4.78 is 0.